The zero-order chi connectivity index (χ0) is 44.8. The molecule has 1 aliphatic heterocycles. The topological polar surface area (TPSA) is 114 Å². The third kappa shape index (κ3) is 7.33. The van der Waals surface area contributed by atoms with Crippen molar-refractivity contribution < 1.29 is 23.1 Å². The Morgan fingerprint density at radius 3 is 2.35 bits per heavy atom. The minimum atomic E-state index is -2.88. The fraction of sp³-hybridized carbons (Fsp3) is 0.698. The number of carboxylic acid groups (broad SMARTS) is 1. The molecule has 2 N–H and O–H groups in total. The van der Waals surface area contributed by atoms with Crippen LogP contribution in [0.5, 0.6) is 5.88 Å². The molecule has 4 unspecified atom stereocenters. The number of aromatic nitrogens is 2. The first-order valence-electron chi connectivity index (χ1n) is 24.5. The van der Waals surface area contributed by atoms with Crippen LogP contribution >= 0.6 is 0 Å². The van der Waals surface area contributed by atoms with Crippen LogP contribution in [0.1, 0.15) is 119 Å². The van der Waals surface area contributed by atoms with Crippen LogP contribution in [0.2, 0.25) is 0 Å². The Kier molecular flexibility index (Phi) is 11.4. The predicted octanol–water partition coefficient (Wildman–Crippen LogP) is 9.91. The Morgan fingerprint density at radius 1 is 0.921 bits per heavy atom. The van der Waals surface area contributed by atoms with Gasteiger partial charge >= 0.3 is 5.97 Å². The van der Waals surface area contributed by atoms with E-state index in [1.165, 1.54) is 68.1 Å². The van der Waals surface area contributed by atoms with Crippen LogP contribution < -0.4 is 10.1 Å². The summed E-state index contributed by atoms with van der Waals surface area (Å²) < 4.78 is 32.2. The molecule has 10 atom stereocenters. The second-order valence-corrected chi connectivity index (χ2v) is 25.3. The summed E-state index contributed by atoms with van der Waals surface area (Å²) in [6.07, 6.45) is 17.7. The number of nitrogens with zero attached hydrogens (tertiary/aromatic N) is 3. The lowest BCUT2D eigenvalue weighted by molar-refractivity contribution is -0.221. The summed E-state index contributed by atoms with van der Waals surface area (Å²) in [6, 6.07) is 11.9. The lowest BCUT2D eigenvalue weighted by Crippen LogP contribution is -2.68. The number of carbonyl (C=O) groups is 1. The van der Waals surface area contributed by atoms with Crippen molar-refractivity contribution in [1.29, 1.82) is 0 Å². The summed E-state index contributed by atoms with van der Waals surface area (Å²) in [4.78, 5) is 15.4. The van der Waals surface area contributed by atoms with Crippen molar-refractivity contribution in [2.24, 2.45) is 63.7 Å². The number of rotatable bonds is 11. The summed E-state index contributed by atoms with van der Waals surface area (Å²) in [5.41, 5.74) is 5.82. The van der Waals surface area contributed by atoms with Crippen LogP contribution in [0, 0.1) is 56.7 Å². The fourth-order valence-electron chi connectivity index (χ4n) is 16.1. The molecule has 0 amide bonds. The Labute approximate surface area is 378 Å². The SMILES string of the molecule is C=C(C)[C@@H]1CC[C@]2(NCCN3CCS(=O)(=O)CC3)CC[C@]3(C)[C@H](CCC4[C@@]5(C)CC=C(C6=CCC(COc7cc(-c8ccccc8)nn7C)(C(=O)O)CC6)C(C)(C)C5CC[C@]43C)C12. The van der Waals surface area contributed by atoms with Gasteiger partial charge in [-0.25, -0.2) is 13.1 Å². The number of allylic oxidation sites excluding steroid dienone is 5. The number of benzene rings is 1. The maximum atomic E-state index is 13.0. The molecule has 9 rings (SSSR count). The van der Waals surface area contributed by atoms with E-state index in [1.54, 1.807) is 4.68 Å². The first-order chi connectivity index (χ1) is 29.8. The second kappa shape index (κ2) is 16.0. The van der Waals surface area contributed by atoms with Gasteiger partial charge in [-0.1, -0.05) is 89.3 Å². The molecular formula is C53H76N4O5S. The van der Waals surface area contributed by atoms with Gasteiger partial charge in [0.15, 0.2) is 9.84 Å². The normalized spacial score (nSPS) is 39.4. The molecule has 4 saturated carbocycles. The number of aryl methyl sites for hydroxylation is 1. The van der Waals surface area contributed by atoms with Gasteiger partial charge in [0.1, 0.15) is 12.0 Å². The zero-order valence-electron chi connectivity index (χ0n) is 39.5. The molecule has 5 fully saturated rings. The lowest BCUT2D eigenvalue weighted by Gasteiger charge is -2.72. The van der Waals surface area contributed by atoms with Crippen LogP contribution in [-0.2, 0) is 21.7 Å². The standard InChI is InChI=1S/C53H76N4O5S/c1-36(2)39-18-25-53(54-28-29-57-30-32-63(60,61)33-31-57)27-26-50(6)41(46(39)53)14-15-44-49(5)21-19-40(48(3,4)43(49)20-22-51(44,50)7)37-16-23-52(24-17-37,47(58)59)35-62-45-34-42(55-56(45)8)38-12-10-9-11-13-38/h9-13,16,19,34,39,41,43-44,46,54H,1,14-15,17-18,20-33,35H2,2-8H3,(H,58,59)/t39-,41+,43?,44?,46?,49-,50+,51+,52?,53-/m0/s1. The molecule has 2 heterocycles. The third-order valence-corrected chi connectivity index (χ3v) is 21.4. The molecule has 7 aliphatic rings. The van der Waals surface area contributed by atoms with Crippen LogP contribution in [0.15, 0.2) is 71.8 Å². The number of fused-ring (bicyclic) bond motifs is 7. The van der Waals surface area contributed by atoms with Gasteiger partial charge in [0.25, 0.3) is 0 Å². The molecule has 0 spiro atoms. The summed E-state index contributed by atoms with van der Waals surface area (Å²) in [5.74, 6) is 3.38. The van der Waals surface area contributed by atoms with Crippen molar-refractivity contribution in [3.8, 4) is 17.1 Å². The Hall–Kier alpha value is -3.21. The molecular weight excluding hydrogens is 805 g/mol. The van der Waals surface area contributed by atoms with Crippen LogP contribution in [0.4, 0.5) is 0 Å². The number of nitrogens with one attached hydrogen (secondary N) is 1. The number of hydrogen-bond acceptors (Lipinski definition) is 7. The van der Waals surface area contributed by atoms with Crippen LogP contribution in [-0.4, -0.2) is 84.0 Å². The molecule has 1 saturated heterocycles. The molecule has 9 nitrogen and oxygen atoms in total. The van der Waals surface area contributed by atoms with Crippen molar-refractivity contribution in [2.75, 3.05) is 44.3 Å². The van der Waals surface area contributed by atoms with Gasteiger partial charge < -0.3 is 20.1 Å². The molecule has 6 aliphatic carbocycles. The summed E-state index contributed by atoms with van der Waals surface area (Å²) in [7, 11) is -1.03. The van der Waals surface area contributed by atoms with Crippen molar-refractivity contribution in [2.45, 2.75) is 124 Å². The van der Waals surface area contributed by atoms with Gasteiger partial charge in [0.05, 0.1) is 17.2 Å². The van der Waals surface area contributed by atoms with E-state index in [1.807, 2.05) is 43.4 Å². The highest BCUT2D eigenvalue weighted by Crippen LogP contribution is 2.76. The smallest absolute Gasteiger partial charge is 0.313 e. The predicted molar refractivity (Wildman–Crippen MR) is 252 cm³/mol. The molecule has 1 aromatic heterocycles. The zero-order valence-corrected chi connectivity index (χ0v) is 40.3. The third-order valence-electron chi connectivity index (χ3n) is 19.8. The maximum absolute atomic E-state index is 13.0. The average Bonchev–Trinajstić information content (AvgIpc) is 3.82. The van der Waals surface area contributed by atoms with E-state index in [-0.39, 0.29) is 33.8 Å². The van der Waals surface area contributed by atoms with E-state index in [9.17, 15) is 18.3 Å². The quantitative estimate of drug-likeness (QED) is 0.215. The molecule has 344 valence electrons. The number of carboxylic acids is 1. The highest BCUT2D eigenvalue weighted by molar-refractivity contribution is 7.91. The summed E-state index contributed by atoms with van der Waals surface area (Å²) in [6.45, 7) is 23.3. The van der Waals surface area contributed by atoms with E-state index in [4.69, 9.17) is 4.74 Å². The molecule has 10 heteroatoms. The number of hydrogen-bond donors (Lipinski definition) is 2. The molecule has 0 radical (unpaired) electrons. The van der Waals surface area contributed by atoms with Crippen LogP contribution in [0.3, 0.4) is 0 Å². The highest BCUT2D eigenvalue weighted by Gasteiger charge is 2.70. The van der Waals surface area contributed by atoms with E-state index in [0.717, 1.165) is 37.2 Å². The van der Waals surface area contributed by atoms with E-state index >= 15 is 0 Å². The lowest BCUT2D eigenvalue weighted by atomic mass is 9.33. The Balaban J connectivity index is 0.915. The summed E-state index contributed by atoms with van der Waals surface area (Å²) >= 11 is 0. The fourth-order valence-corrected chi connectivity index (χ4v) is 17.4. The molecule has 2 aromatic rings. The van der Waals surface area contributed by atoms with Crippen molar-refractivity contribution in [3.05, 3.63) is 71.8 Å². The van der Waals surface area contributed by atoms with E-state index in [2.05, 4.69) is 75.6 Å². The summed E-state index contributed by atoms with van der Waals surface area (Å²) in [5, 5.41) is 19.6. The van der Waals surface area contributed by atoms with Gasteiger partial charge in [0, 0.05) is 50.4 Å². The van der Waals surface area contributed by atoms with Crippen molar-refractivity contribution >= 4 is 15.8 Å². The van der Waals surface area contributed by atoms with Gasteiger partial charge in [-0.05, 0) is 146 Å². The molecule has 63 heavy (non-hydrogen) atoms. The minimum absolute atomic E-state index is 0.0130. The van der Waals surface area contributed by atoms with Crippen molar-refractivity contribution in [3.63, 3.8) is 0 Å². The number of ether oxygens (including phenoxy) is 1. The molecule has 1 aromatic carbocycles. The highest BCUT2D eigenvalue weighted by atomic mass is 32.2. The number of aliphatic carboxylic acids is 1. The first-order valence-corrected chi connectivity index (χ1v) is 26.3. The van der Waals surface area contributed by atoms with Gasteiger partial charge in [-0.2, -0.15) is 5.10 Å². The maximum Gasteiger partial charge on any atom is 0.313 e. The second-order valence-electron chi connectivity index (χ2n) is 23.0. The van der Waals surface area contributed by atoms with Gasteiger partial charge in [-0.15, -0.1) is 0 Å². The van der Waals surface area contributed by atoms with Crippen LogP contribution in [0.25, 0.3) is 11.3 Å². The minimum Gasteiger partial charge on any atom is -0.481 e. The van der Waals surface area contributed by atoms with E-state index < -0.39 is 21.2 Å². The Bertz CT molecular complexity index is 2270. The van der Waals surface area contributed by atoms with E-state index in [0.29, 0.717) is 72.9 Å². The van der Waals surface area contributed by atoms with Crippen molar-refractivity contribution in [1.82, 2.24) is 20.0 Å². The first kappa shape index (κ1) is 45.0. The van der Waals surface area contributed by atoms with Gasteiger partial charge in [0.2, 0.25) is 5.88 Å². The average molecular weight is 881 g/mol. The van der Waals surface area contributed by atoms with Gasteiger partial charge in [-0.3, -0.25) is 4.79 Å². The largest absolute Gasteiger partial charge is 0.481 e. The number of sulfone groups is 1. The monoisotopic (exact) mass is 881 g/mol. The molecule has 0 bridgehead atoms. The Morgan fingerprint density at radius 2 is 1.67 bits per heavy atom.